The van der Waals surface area contributed by atoms with Crippen molar-refractivity contribution in [3.05, 3.63) is 36.0 Å². The molecule has 0 radical (unpaired) electrons. The molecule has 0 fully saturated rings. The fraction of sp³-hybridized carbons (Fsp3) is 0.438. The van der Waals surface area contributed by atoms with E-state index in [-0.39, 0.29) is 12.0 Å². The Balaban J connectivity index is 2.21. The van der Waals surface area contributed by atoms with Gasteiger partial charge in [-0.15, -0.1) is 0 Å². The van der Waals surface area contributed by atoms with Crippen LogP contribution in [-0.2, 0) is 11.3 Å². The average Bonchev–Trinajstić information content (AvgIpc) is 2.76. The molecule has 0 saturated carbocycles. The Bertz CT molecular complexity index is 596. The second-order valence-corrected chi connectivity index (χ2v) is 6.10. The zero-order valence-corrected chi connectivity index (χ0v) is 12.3. The van der Waals surface area contributed by atoms with Crippen LogP contribution in [0.4, 0.5) is 0 Å². The molecule has 0 spiro atoms. The topological polar surface area (TPSA) is 56.3 Å². The van der Waals surface area contributed by atoms with Crippen LogP contribution in [0.25, 0.3) is 10.9 Å². The number of para-hydroxylation sites is 1. The largest absolute Gasteiger partial charge is 0.481 e. The fourth-order valence-corrected chi connectivity index (χ4v) is 2.35. The number of rotatable bonds is 5. The zero-order chi connectivity index (χ0) is 14.8. The number of carboxylic acid groups (broad SMARTS) is 1. The highest BCUT2D eigenvalue weighted by Crippen LogP contribution is 2.23. The van der Waals surface area contributed by atoms with Crippen molar-refractivity contribution in [3.8, 4) is 0 Å². The number of aliphatic carboxylic acids is 1. The molecule has 1 heterocycles. The van der Waals surface area contributed by atoms with Crippen molar-refractivity contribution in [2.45, 2.75) is 39.3 Å². The van der Waals surface area contributed by atoms with Crippen LogP contribution in [-0.4, -0.2) is 33.0 Å². The van der Waals surface area contributed by atoms with Crippen LogP contribution in [0.2, 0.25) is 0 Å². The van der Waals surface area contributed by atoms with Gasteiger partial charge >= 0.3 is 5.97 Å². The van der Waals surface area contributed by atoms with Crippen LogP contribution in [0.15, 0.2) is 30.5 Å². The molecule has 4 heteroatoms. The van der Waals surface area contributed by atoms with Gasteiger partial charge in [0, 0.05) is 35.7 Å². The quantitative estimate of drug-likeness (QED) is 0.880. The second kappa shape index (κ2) is 5.67. The summed E-state index contributed by atoms with van der Waals surface area (Å²) in [6.45, 7) is 7.65. The molecule has 2 rings (SSSR count). The summed E-state index contributed by atoms with van der Waals surface area (Å²) in [7, 11) is 0. The number of aromatic nitrogens is 1. The standard InChI is InChI=1S/C16H22N2O2/c1-16(2,3)18(9-8-15(19)20)11-12-10-17-14-7-5-4-6-13(12)14/h4-7,10,17H,8-9,11H2,1-3H3,(H,19,20). The molecular weight excluding hydrogens is 252 g/mol. The Kier molecular flexibility index (Phi) is 4.14. The van der Waals surface area contributed by atoms with Gasteiger partial charge in [0.1, 0.15) is 0 Å². The van der Waals surface area contributed by atoms with E-state index in [1.807, 2.05) is 18.3 Å². The second-order valence-electron chi connectivity index (χ2n) is 6.10. The summed E-state index contributed by atoms with van der Waals surface area (Å²) >= 11 is 0. The Labute approximate surface area is 119 Å². The van der Waals surface area contributed by atoms with Gasteiger partial charge in [0.2, 0.25) is 0 Å². The van der Waals surface area contributed by atoms with E-state index in [0.717, 1.165) is 12.1 Å². The van der Waals surface area contributed by atoms with Gasteiger partial charge in [0.05, 0.1) is 6.42 Å². The average molecular weight is 274 g/mol. The predicted octanol–water partition coefficient (Wildman–Crippen LogP) is 3.24. The lowest BCUT2D eigenvalue weighted by molar-refractivity contribution is -0.137. The molecule has 20 heavy (non-hydrogen) atoms. The number of fused-ring (bicyclic) bond motifs is 1. The van der Waals surface area contributed by atoms with Crippen molar-refractivity contribution in [3.63, 3.8) is 0 Å². The third-order valence-corrected chi connectivity index (χ3v) is 3.58. The summed E-state index contributed by atoms with van der Waals surface area (Å²) in [6, 6.07) is 8.18. The lowest BCUT2D eigenvalue weighted by atomic mass is 10.0. The van der Waals surface area contributed by atoms with Crippen LogP contribution < -0.4 is 0 Å². The van der Waals surface area contributed by atoms with Gasteiger partial charge in [-0.25, -0.2) is 0 Å². The number of aromatic amines is 1. The van der Waals surface area contributed by atoms with Crippen LogP contribution in [0, 0.1) is 0 Å². The van der Waals surface area contributed by atoms with Crippen molar-refractivity contribution in [1.29, 1.82) is 0 Å². The molecule has 108 valence electrons. The molecule has 0 aliphatic heterocycles. The van der Waals surface area contributed by atoms with E-state index < -0.39 is 5.97 Å². The molecule has 0 unspecified atom stereocenters. The number of carbonyl (C=O) groups is 1. The lowest BCUT2D eigenvalue weighted by Gasteiger charge is -2.35. The first-order valence-electron chi connectivity index (χ1n) is 6.90. The highest BCUT2D eigenvalue weighted by atomic mass is 16.4. The van der Waals surface area contributed by atoms with Gasteiger partial charge in [-0.2, -0.15) is 0 Å². The number of nitrogens with one attached hydrogen (secondary N) is 1. The summed E-state index contributed by atoms with van der Waals surface area (Å²) in [5, 5.41) is 10.1. The van der Waals surface area contributed by atoms with Crippen molar-refractivity contribution < 1.29 is 9.90 Å². The highest BCUT2D eigenvalue weighted by Gasteiger charge is 2.22. The van der Waals surface area contributed by atoms with E-state index in [1.54, 1.807) is 0 Å². The number of nitrogens with zero attached hydrogens (tertiary/aromatic N) is 1. The monoisotopic (exact) mass is 274 g/mol. The summed E-state index contributed by atoms with van der Waals surface area (Å²) < 4.78 is 0. The number of benzene rings is 1. The van der Waals surface area contributed by atoms with E-state index >= 15 is 0 Å². The van der Waals surface area contributed by atoms with Crippen molar-refractivity contribution in [2.24, 2.45) is 0 Å². The molecule has 2 aromatic rings. The molecule has 0 atom stereocenters. The molecule has 0 amide bonds. The van der Waals surface area contributed by atoms with Gasteiger partial charge in [-0.1, -0.05) is 18.2 Å². The summed E-state index contributed by atoms with van der Waals surface area (Å²) in [5.74, 6) is -0.752. The van der Waals surface area contributed by atoms with Crippen LogP contribution in [0.5, 0.6) is 0 Å². The van der Waals surface area contributed by atoms with Crippen molar-refractivity contribution >= 4 is 16.9 Å². The van der Waals surface area contributed by atoms with Gasteiger partial charge in [-0.3, -0.25) is 9.69 Å². The number of hydrogen-bond donors (Lipinski definition) is 2. The highest BCUT2D eigenvalue weighted by molar-refractivity contribution is 5.83. The normalized spacial score (nSPS) is 12.2. The summed E-state index contributed by atoms with van der Waals surface area (Å²) in [5.41, 5.74) is 2.27. The lowest BCUT2D eigenvalue weighted by Crippen LogP contribution is -2.41. The summed E-state index contributed by atoms with van der Waals surface area (Å²) in [4.78, 5) is 16.3. The van der Waals surface area contributed by atoms with Crippen LogP contribution >= 0.6 is 0 Å². The van der Waals surface area contributed by atoms with Gasteiger partial charge in [-0.05, 0) is 32.4 Å². The molecule has 1 aromatic carbocycles. The minimum absolute atomic E-state index is 0.0617. The van der Waals surface area contributed by atoms with E-state index in [9.17, 15) is 4.79 Å². The molecule has 0 aliphatic rings. The Morgan fingerprint density at radius 3 is 2.65 bits per heavy atom. The van der Waals surface area contributed by atoms with Crippen LogP contribution in [0.1, 0.15) is 32.8 Å². The SMILES string of the molecule is CC(C)(C)N(CCC(=O)O)Cc1c[nH]c2ccccc12. The Morgan fingerprint density at radius 1 is 1.30 bits per heavy atom. The number of carboxylic acids is 1. The molecule has 0 saturated heterocycles. The molecule has 4 nitrogen and oxygen atoms in total. The first-order valence-corrected chi connectivity index (χ1v) is 6.90. The third-order valence-electron chi connectivity index (χ3n) is 3.58. The van der Waals surface area contributed by atoms with E-state index in [2.05, 4.69) is 42.8 Å². The molecule has 0 aliphatic carbocycles. The predicted molar refractivity (Wildman–Crippen MR) is 80.7 cm³/mol. The van der Waals surface area contributed by atoms with E-state index in [1.165, 1.54) is 10.9 Å². The van der Waals surface area contributed by atoms with Gasteiger partial charge in [0.15, 0.2) is 0 Å². The third kappa shape index (κ3) is 3.39. The van der Waals surface area contributed by atoms with Crippen molar-refractivity contribution in [2.75, 3.05) is 6.54 Å². The van der Waals surface area contributed by atoms with Crippen LogP contribution in [0.3, 0.4) is 0 Å². The first kappa shape index (κ1) is 14.6. The maximum Gasteiger partial charge on any atom is 0.304 e. The minimum atomic E-state index is -0.752. The van der Waals surface area contributed by atoms with Gasteiger partial charge in [0.25, 0.3) is 0 Å². The van der Waals surface area contributed by atoms with Crippen molar-refractivity contribution in [1.82, 2.24) is 9.88 Å². The Hall–Kier alpha value is -1.81. The Morgan fingerprint density at radius 2 is 2.00 bits per heavy atom. The first-order chi connectivity index (χ1) is 9.38. The molecule has 0 bridgehead atoms. The van der Waals surface area contributed by atoms with E-state index in [0.29, 0.717) is 6.54 Å². The number of hydrogen-bond acceptors (Lipinski definition) is 2. The maximum absolute atomic E-state index is 10.8. The smallest absolute Gasteiger partial charge is 0.304 e. The summed E-state index contributed by atoms with van der Waals surface area (Å²) in [6.07, 6.45) is 2.18. The number of H-pyrrole nitrogens is 1. The fourth-order valence-electron chi connectivity index (χ4n) is 2.35. The van der Waals surface area contributed by atoms with E-state index in [4.69, 9.17) is 5.11 Å². The zero-order valence-electron chi connectivity index (χ0n) is 12.3. The molecule has 1 aromatic heterocycles. The molecular formula is C16H22N2O2. The van der Waals surface area contributed by atoms with Gasteiger partial charge < -0.3 is 10.1 Å². The maximum atomic E-state index is 10.8. The minimum Gasteiger partial charge on any atom is -0.481 e. The molecule has 2 N–H and O–H groups in total.